The lowest BCUT2D eigenvalue weighted by atomic mass is 9.64. The Hall–Kier alpha value is -0.650. The number of aliphatic carboxylic acids is 1. The zero-order valence-corrected chi connectivity index (χ0v) is 10.8. The summed E-state index contributed by atoms with van der Waals surface area (Å²) in [4.78, 5) is 10.4. The molecule has 17 heavy (non-hydrogen) atoms. The van der Waals surface area contributed by atoms with Crippen molar-refractivity contribution in [3.05, 3.63) is 0 Å². The standard InChI is InChI=1S/C12H23NO4/c1-4-17-10-6-9(12(10,2)3)13-7-8(14)5-11(15)16/h8-10,13-14H,4-7H2,1-3H3,(H,15,16). The highest BCUT2D eigenvalue weighted by atomic mass is 16.5. The van der Waals surface area contributed by atoms with Crippen LogP contribution in [0, 0.1) is 5.41 Å². The molecule has 5 nitrogen and oxygen atoms in total. The monoisotopic (exact) mass is 245 g/mol. The Morgan fingerprint density at radius 2 is 2.24 bits per heavy atom. The van der Waals surface area contributed by atoms with E-state index in [1.54, 1.807) is 0 Å². The zero-order valence-electron chi connectivity index (χ0n) is 10.8. The first-order chi connectivity index (χ1) is 7.87. The fourth-order valence-corrected chi connectivity index (χ4v) is 2.27. The highest BCUT2D eigenvalue weighted by Crippen LogP contribution is 2.42. The molecule has 1 saturated carbocycles. The number of aliphatic hydroxyl groups is 1. The summed E-state index contributed by atoms with van der Waals surface area (Å²) < 4.78 is 5.60. The van der Waals surface area contributed by atoms with E-state index in [4.69, 9.17) is 9.84 Å². The number of nitrogens with one attached hydrogen (secondary N) is 1. The molecule has 1 fully saturated rings. The lowest BCUT2D eigenvalue weighted by molar-refractivity contribution is -0.139. The molecule has 1 rings (SSSR count). The van der Waals surface area contributed by atoms with Crippen LogP contribution in [-0.4, -0.2) is 47.6 Å². The number of carboxylic acids is 1. The van der Waals surface area contributed by atoms with Crippen molar-refractivity contribution in [2.45, 2.75) is 51.9 Å². The molecular weight excluding hydrogens is 222 g/mol. The molecule has 0 heterocycles. The van der Waals surface area contributed by atoms with Crippen molar-refractivity contribution in [1.82, 2.24) is 5.32 Å². The van der Waals surface area contributed by atoms with Crippen LogP contribution in [0.25, 0.3) is 0 Å². The fourth-order valence-electron chi connectivity index (χ4n) is 2.27. The first kappa shape index (κ1) is 14.4. The van der Waals surface area contributed by atoms with Gasteiger partial charge in [-0.05, 0) is 13.3 Å². The second kappa shape index (κ2) is 5.80. The molecule has 0 spiro atoms. The molecule has 0 aromatic carbocycles. The van der Waals surface area contributed by atoms with Gasteiger partial charge in [-0.25, -0.2) is 0 Å². The molecule has 0 saturated heterocycles. The summed E-state index contributed by atoms with van der Waals surface area (Å²) in [5.41, 5.74) is 0.0406. The quantitative estimate of drug-likeness (QED) is 0.612. The minimum absolute atomic E-state index is 0.0406. The predicted octanol–water partition coefficient (Wildman–Crippen LogP) is 0.615. The van der Waals surface area contributed by atoms with Gasteiger partial charge in [0.2, 0.25) is 0 Å². The normalized spacial score (nSPS) is 28.5. The topological polar surface area (TPSA) is 78.8 Å². The van der Waals surface area contributed by atoms with Gasteiger partial charge in [0.25, 0.3) is 0 Å². The first-order valence-corrected chi connectivity index (χ1v) is 6.12. The molecule has 1 aliphatic carbocycles. The van der Waals surface area contributed by atoms with Crippen LogP contribution in [0.2, 0.25) is 0 Å². The number of hydrogen-bond donors (Lipinski definition) is 3. The van der Waals surface area contributed by atoms with Crippen molar-refractivity contribution < 1.29 is 19.7 Å². The van der Waals surface area contributed by atoms with Crippen molar-refractivity contribution in [3.63, 3.8) is 0 Å². The van der Waals surface area contributed by atoms with E-state index in [0.717, 1.165) is 6.42 Å². The van der Waals surface area contributed by atoms with Crippen molar-refractivity contribution in [2.75, 3.05) is 13.2 Å². The second-order valence-electron chi connectivity index (χ2n) is 5.21. The maximum absolute atomic E-state index is 10.4. The van der Waals surface area contributed by atoms with Crippen molar-refractivity contribution in [2.24, 2.45) is 5.41 Å². The number of rotatable bonds is 7. The second-order valence-corrected chi connectivity index (χ2v) is 5.21. The third-order valence-corrected chi connectivity index (χ3v) is 3.56. The Morgan fingerprint density at radius 1 is 1.59 bits per heavy atom. The van der Waals surface area contributed by atoms with E-state index < -0.39 is 12.1 Å². The highest BCUT2D eigenvalue weighted by molar-refractivity contribution is 5.67. The van der Waals surface area contributed by atoms with E-state index in [0.29, 0.717) is 13.2 Å². The maximum atomic E-state index is 10.4. The van der Waals surface area contributed by atoms with Crippen LogP contribution >= 0.6 is 0 Å². The van der Waals surface area contributed by atoms with Crippen LogP contribution in [0.4, 0.5) is 0 Å². The van der Waals surface area contributed by atoms with E-state index in [1.807, 2.05) is 6.92 Å². The molecule has 0 bridgehead atoms. The van der Waals surface area contributed by atoms with Gasteiger partial charge in [0.05, 0.1) is 18.6 Å². The lowest BCUT2D eigenvalue weighted by Gasteiger charge is -2.52. The molecule has 0 aromatic rings. The van der Waals surface area contributed by atoms with E-state index in [1.165, 1.54) is 0 Å². The Labute approximate surface area is 102 Å². The Morgan fingerprint density at radius 3 is 2.71 bits per heavy atom. The van der Waals surface area contributed by atoms with Crippen LogP contribution in [0.3, 0.4) is 0 Å². The van der Waals surface area contributed by atoms with Crippen molar-refractivity contribution in [1.29, 1.82) is 0 Å². The van der Waals surface area contributed by atoms with E-state index in [9.17, 15) is 9.90 Å². The smallest absolute Gasteiger partial charge is 0.306 e. The minimum Gasteiger partial charge on any atom is -0.481 e. The SMILES string of the molecule is CCOC1CC(NCC(O)CC(=O)O)C1(C)C. The average Bonchev–Trinajstić information content (AvgIpc) is 2.21. The Balaban J connectivity index is 2.28. The van der Waals surface area contributed by atoms with Gasteiger partial charge in [0, 0.05) is 24.6 Å². The van der Waals surface area contributed by atoms with Gasteiger partial charge in [0.15, 0.2) is 0 Å². The maximum Gasteiger partial charge on any atom is 0.306 e. The summed E-state index contributed by atoms with van der Waals surface area (Å²) in [6.45, 7) is 7.26. The Bertz CT molecular complexity index is 267. The first-order valence-electron chi connectivity index (χ1n) is 6.12. The molecule has 5 heteroatoms. The largest absolute Gasteiger partial charge is 0.481 e. The summed E-state index contributed by atoms with van der Waals surface area (Å²) in [7, 11) is 0. The van der Waals surface area contributed by atoms with Crippen LogP contribution in [0.15, 0.2) is 0 Å². The molecule has 3 atom stereocenters. The van der Waals surface area contributed by atoms with E-state index in [-0.39, 0.29) is 24.0 Å². The summed E-state index contributed by atoms with van der Waals surface area (Å²) in [6.07, 6.45) is 0.131. The van der Waals surface area contributed by atoms with Gasteiger partial charge >= 0.3 is 5.97 Å². The van der Waals surface area contributed by atoms with Gasteiger partial charge in [-0.2, -0.15) is 0 Å². The van der Waals surface area contributed by atoms with E-state index in [2.05, 4.69) is 19.2 Å². The summed E-state index contributed by atoms with van der Waals surface area (Å²) >= 11 is 0. The molecule has 100 valence electrons. The Kier molecular flexibility index (Phi) is 4.91. The summed E-state index contributed by atoms with van der Waals surface area (Å²) in [5.74, 6) is -0.973. The summed E-state index contributed by atoms with van der Waals surface area (Å²) in [5, 5.41) is 21.2. The van der Waals surface area contributed by atoms with Crippen LogP contribution in [-0.2, 0) is 9.53 Å². The van der Waals surface area contributed by atoms with Crippen molar-refractivity contribution in [3.8, 4) is 0 Å². The zero-order chi connectivity index (χ0) is 13.1. The number of aliphatic hydroxyl groups excluding tert-OH is 1. The van der Waals surface area contributed by atoms with E-state index >= 15 is 0 Å². The third-order valence-electron chi connectivity index (χ3n) is 3.56. The minimum atomic E-state index is -0.973. The number of carboxylic acid groups (broad SMARTS) is 1. The lowest BCUT2D eigenvalue weighted by Crippen LogP contribution is -2.61. The molecule has 0 aromatic heterocycles. The molecule has 0 aliphatic heterocycles. The number of ether oxygens (including phenoxy) is 1. The molecular formula is C12H23NO4. The summed E-state index contributed by atoms with van der Waals surface area (Å²) in [6, 6.07) is 0.280. The molecule has 3 unspecified atom stereocenters. The highest BCUT2D eigenvalue weighted by Gasteiger charge is 2.48. The third kappa shape index (κ3) is 3.66. The average molecular weight is 245 g/mol. The van der Waals surface area contributed by atoms with Crippen molar-refractivity contribution >= 4 is 5.97 Å². The number of carbonyl (C=O) groups is 1. The van der Waals surface area contributed by atoms with Gasteiger partial charge in [-0.15, -0.1) is 0 Å². The number of hydrogen-bond acceptors (Lipinski definition) is 4. The fraction of sp³-hybridized carbons (Fsp3) is 0.917. The van der Waals surface area contributed by atoms with Gasteiger partial charge < -0.3 is 20.3 Å². The van der Waals surface area contributed by atoms with Crippen LogP contribution in [0.5, 0.6) is 0 Å². The van der Waals surface area contributed by atoms with Gasteiger partial charge in [-0.1, -0.05) is 13.8 Å². The molecule has 1 aliphatic rings. The van der Waals surface area contributed by atoms with Crippen LogP contribution in [0.1, 0.15) is 33.6 Å². The van der Waals surface area contributed by atoms with Gasteiger partial charge in [0.1, 0.15) is 0 Å². The molecule has 0 amide bonds. The molecule has 0 radical (unpaired) electrons. The van der Waals surface area contributed by atoms with Gasteiger partial charge in [-0.3, -0.25) is 4.79 Å². The predicted molar refractivity (Wildman–Crippen MR) is 63.9 cm³/mol. The molecule has 3 N–H and O–H groups in total. The van der Waals surface area contributed by atoms with Crippen LogP contribution < -0.4 is 5.32 Å².